The van der Waals surface area contributed by atoms with Crippen molar-refractivity contribution < 1.29 is 4.79 Å². The van der Waals surface area contributed by atoms with E-state index in [0.29, 0.717) is 12.5 Å². The van der Waals surface area contributed by atoms with Gasteiger partial charge in [0.2, 0.25) is 0 Å². The van der Waals surface area contributed by atoms with Crippen LogP contribution in [-0.2, 0) is 4.79 Å². The molecule has 0 spiro atoms. The highest BCUT2D eigenvalue weighted by Gasteiger charge is 2.08. The van der Waals surface area contributed by atoms with E-state index in [1.165, 1.54) is 18.3 Å². The Morgan fingerprint density at radius 3 is 3.00 bits per heavy atom. The lowest BCUT2D eigenvalue weighted by Crippen LogP contribution is -2.27. The molecule has 0 aliphatic carbocycles. The van der Waals surface area contributed by atoms with Crippen LogP contribution in [0.4, 0.5) is 5.82 Å². The molecule has 1 aromatic heterocycles. The van der Waals surface area contributed by atoms with Crippen molar-refractivity contribution in [2.45, 2.75) is 6.92 Å². The molecular formula is C7H9ClN2OS. The van der Waals surface area contributed by atoms with Crippen LogP contribution in [0, 0.1) is 0 Å². The third-order valence-electron chi connectivity index (χ3n) is 1.30. The molecule has 0 atom stereocenters. The van der Waals surface area contributed by atoms with Gasteiger partial charge in [-0.15, -0.1) is 22.9 Å². The minimum absolute atomic E-state index is 0.0867. The maximum atomic E-state index is 10.8. The molecule has 0 amide bonds. The first-order valence-electron chi connectivity index (χ1n) is 3.42. The summed E-state index contributed by atoms with van der Waals surface area (Å²) in [5.41, 5.74) is 1.72. The second kappa shape index (κ2) is 4.42. The van der Waals surface area contributed by atoms with Crippen LogP contribution in [0.15, 0.2) is 10.9 Å². The molecule has 5 heteroatoms. The minimum atomic E-state index is 0.0867. The monoisotopic (exact) mass is 204 g/mol. The number of thiazole rings is 1. The van der Waals surface area contributed by atoms with Crippen LogP contribution in [0.2, 0.25) is 0 Å². The first kappa shape index (κ1) is 9.48. The van der Waals surface area contributed by atoms with E-state index in [0.717, 1.165) is 5.82 Å². The van der Waals surface area contributed by atoms with Gasteiger partial charge in [-0.1, -0.05) is 0 Å². The van der Waals surface area contributed by atoms with Crippen molar-refractivity contribution in [3.8, 4) is 0 Å². The molecule has 0 aliphatic heterocycles. The molecule has 0 saturated heterocycles. The number of Topliss-reactive ketones (excluding diaryl/α,β-unsaturated/α-hetero) is 1. The summed E-state index contributed by atoms with van der Waals surface area (Å²) in [6.45, 7) is 1.86. The number of carbonyl (C=O) groups is 1. The van der Waals surface area contributed by atoms with Crippen LogP contribution in [0.1, 0.15) is 6.92 Å². The lowest BCUT2D eigenvalue weighted by molar-refractivity contribution is -0.115. The fourth-order valence-corrected chi connectivity index (χ4v) is 1.58. The molecule has 0 saturated carbocycles. The number of ketones is 1. The van der Waals surface area contributed by atoms with Gasteiger partial charge in [0.15, 0.2) is 0 Å². The average molecular weight is 205 g/mol. The molecule has 1 aromatic rings. The molecule has 0 fully saturated rings. The molecule has 0 bridgehead atoms. The Kier molecular flexibility index (Phi) is 3.49. The van der Waals surface area contributed by atoms with Crippen molar-refractivity contribution in [3.63, 3.8) is 0 Å². The fraction of sp³-hybridized carbons (Fsp3) is 0.429. The van der Waals surface area contributed by atoms with Crippen LogP contribution in [-0.4, -0.2) is 23.3 Å². The Hall–Kier alpha value is -0.610. The maximum Gasteiger partial charge on any atom is 0.149 e. The summed E-state index contributed by atoms with van der Waals surface area (Å²) in [4.78, 5) is 16.6. The zero-order chi connectivity index (χ0) is 8.97. The molecule has 1 heterocycles. The number of rotatable bonds is 4. The lowest BCUT2D eigenvalue weighted by Gasteiger charge is -2.16. The van der Waals surface area contributed by atoms with E-state index in [4.69, 9.17) is 11.6 Å². The quantitative estimate of drug-likeness (QED) is 0.553. The van der Waals surface area contributed by atoms with Gasteiger partial charge in [0.1, 0.15) is 11.6 Å². The second-order valence-electron chi connectivity index (χ2n) is 2.37. The van der Waals surface area contributed by atoms with Gasteiger partial charge in [0, 0.05) is 5.38 Å². The van der Waals surface area contributed by atoms with Gasteiger partial charge in [-0.05, 0) is 6.92 Å². The SMILES string of the molecule is CC(=O)CN(CCl)c1cscn1. The predicted octanol–water partition coefficient (Wildman–Crippen LogP) is 1.73. The van der Waals surface area contributed by atoms with E-state index in [9.17, 15) is 4.79 Å². The molecule has 0 N–H and O–H groups in total. The van der Waals surface area contributed by atoms with Gasteiger partial charge in [0.05, 0.1) is 18.1 Å². The first-order valence-corrected chi connectivity index (χ1v) is 4.90. The molecular weight excluding hydrogens is 196 g/mol. The largest absolute Gasteiger partial charge is 0.335 e. The molecule has 0 radical (unpaired) electrons. The summed E-state index contributed by atoms with van der Waals surface area (Å²) in [6, 6.07) is 0.295. The summed E-state index contributed by atoms with van der Waals surface area (Å²) in [5.74, 6) is 0.855. The fourth-order valence-electron chi connectivity index (χ4n) is 0.816. The van der Waals surface area contributed by atoms with Crippen LogP contribution in [0.25, 0.3) is 0 Å². The third-order valence-corrected chi connectivity index (χ3v) is 2.16. The Morgan fingerprint density at radius 1 is 1.83 bits per heavy atom. The number of anilines is 1. The van der Waals surface area contributed by atoms with Crippen molar-refractivity contribution in [3.05, 3.63) is 10.9 Å². The molecule has 66 valence electrons. The summed E-state index contributed by atoms with van der Waals surface area (Å²) in [5, 5.41) is 1.87. The van der Waals surface area contributed by atoms with Gasteiger partial charge in [0.25, 0.3) is 0 Å². The van der Waals surface area contributed by atoms with E-state index >= 15 is 0 Å². The Bertz CT molecular complexity index is 250. The van der Waals surface area contributed by atoms with Gasteiger partial charge in [-0.3, -0.25) is 4.79 Å². The highest BCUT2D eigenvalue weighted by molar-refractivity contribution is 7.07. The van der Waals surface area contributed by atoms with E-state index in [-0.39, 0.29) is 5.78 Å². The molecule has 0 aliphatic rings. The number of halogens is 1. The van der Waals surface area contributed by atoms with E-state index in [1.54, 1.807) is 10.4 Å². The Morgan fingerprint density at radius 2 is 2.58 bits per heavy atom. The van der Waals surface area contributed by atoms with Crippen molar-refractivity contribution in [2.24, 2.45) is 0 Å². The summed E-state index contributed by atoms with van der Waals surface area (Å²) in [7, 11) is 0. The zero-order valence-corrected chi connectivity index (χ0v) is 8.23. The normalized spacial score (nSPS) is 9.83. The van der Waals surface area contributed by atoms with E-state index < -0.39 is 0 Å². The van der Waals surface area contributed by atoms with Crippen LogP contribution < -0.4 is 4.90 Å². The highest BCUT2D eigenvalue weighted by Crippen LogP contribution is 2.13. The van der Waals surface area contributed by atoms with Crippen molar-refractivity contribution in [1.82, 2.24) is 4.98 Å². The van der Waals surface area contributed by atoms with Gasteiger partial charge in [-0.25, -0.2) is 4.98 Å². The summed E-state index contributed by atoms with van der Waals surface area (Å²) in [6.07, 6.45) is 0. The molecule has 0 aromatic carbocycles. The number of alkyl halides is 1. The maximum absolute atomic E-state index is 10.8. The number of aromatic nitrogens is 1. The van der Waals surface area contributed by atoms with Gasteiger partial charge in [-0.2, -0.15) is 0 Å². The average Bonchev–Trinajstić information content (AvgIpc) is 2.51. The highest BCUT2D eigenvalue weighted by atomic mass is 35.5. The summed E-state index contributed by atoms with van der Waals surface area (Å²) >= 11 is 7.13. The Balaban J connectivity index is 2.63. The van der Waals surface area contributed by atoms with Crippen molar-refractivity contribution in [2.75, 3.05) is 17.4 Å². The van der Waals surface area contributed by atoms with Crippen LogP contribution in [0.5, 0.6) is 0 Å². The molecule has 0 unspecified atom stereocenters. The number of carbonyl (C=O) groups excluding carboxylic acids is 1. The topological polar surface area (TPSA) is 33.2 Å². The second-order valence-corrected chi connectivity index (χ2v) is 3.32. The lowest BCUT2D eigenvalue weighted by atomic mass is 10.4. The zero-order valence-electron chi connectivity index (χ0n) is 6.66. The number of nitrogens with zero attached hydrogens (tertiary/aromatic N) is 2. The van der Waals surface area contributed by atoms with E-state index in [2.05, 4.69) is 4.98 Å². The molecule has 1 rings (SSSR count). The third kappa shape index (κ3) is 2.46. The van der Waals surface area contributed by atoms with Crippen molar-refractivity contribution >= 4 is 34.5 Å². The minimum Gasteiger partial charge on any atom is -0.335 e. The predicted molar refractivity (Wildman–Crippen MR) is 50.9 cm³/mol. The van der Waals surface area contributed by atoms with Gasteiger partial charge >= 0.3 is 0 Å². The van der Waals surface area contributed by atoms with Crippen LogP contribution in [0.3, 0.4) is 0 Å². The van der Waals surface area contributed by atoms with Crippen LogP contribution >= 0.6 is 22.9 Å². The Labute approximate surface area is 80.0 Å². The van der Waals surface area contributed by atoms with E-state index in [1.807, 2.05) is 5.38 Å². The first-order chi connectivity index (χ1) is 5.74. The summed E-state index contributed by atoms with van der Waals surface area (Å²) < 4.78 is 0. The molecule has 12 heavy (non-hydrogen) atoms. The standard InChI is InChI=1S/C7H9ClN2OS/c1-6(11)2-10(4-8)7-3-12-5-9-7/h3,5H,2,4H2,1H3. The van der Waals surface area contributed by atoms with Gasteiger partial charge < -0.3 is 4.90 Å². The number of hydrogen-bond donors (Lipinski definition) is 0. The molecule has 3 nitrogen and oxygen atoms in total. The van der Waals surface area contributed by atoms with Crippen molar-refractivity contribution in [1.29, 1.82) is 0 Å². The number of hydrogen-bond acceptors (Lipinski definition) is 4. The smallest absolute Gasteiger partial charge is 0.149 e.